The van der Waals surface area contributed by atoms with Crippen LogP contribution in [0.2, 0.25) is 0 Å². The van der Waals surface area contributed by atoms with E-state index in [4.69, 9.17) is 9.97 Å². The summed E-state index contributed by atoms with van der Waals surface area (Å²) < 4.78 is 2.29. The van der Waals surface area contributed by atoms with E-state index in [0.29, 0.717) is 17.3 Å². The summed E-state index contributed by atoms with van der Waals surface area (Å²) in [5.41, 5.74) is 19.3. The molecule has 0 aliphatic rings. The molecule has 0 saturated carbocycles. The van der Waals surface area contributed by atoms with Crippen molar-refractivity contribution in [3.8, 4) is 78.6 Å². The summed E-state index contributed by atoms with van der Waals surface area (Å²) >= 11 is 0. The molecule has 358 valence electrons. The number of rotatable bonds is 9. The molecule has 1 unspecified atom stereocenters. The Morgan fingerprint density at radius 3 is 1.67 bits per heavy atom. The van der Waals surface area contributed by atoms with Crippen LogP contribution in [-0.4, -0.2) is 19.6 Å². The minimum Gasteiger partial charge on any atom is -0.507 e. The Balaban J connectivity index is 1.20. The molecule has 0 amide bonds. The van der Waals surface area contributed by atoms with Crippen molar-refractivity contribution in [3.63, 3.8) is 0 Å². The quantitative estimate of drug-likeness (QED) is 0.157. The van der Waals surface area contributed by atoms with Gasteiger partial charge in [-0.2, -0.15) is 0 Å². The fraction of sp³-hybridized carbons (Fsp3) is 0.206. The van der Waals surface area contributed by atoms with Gasteiger partial charge >= 0.3 is 0 Å². The third kappa shape index (κ3) is 9.42. The molecule has 8 aromatic carbocycles. The normalized spacial score (nSPS) is 12.6. The second-order valence-electron chi connectivity index (χ2n) is 22.6. The van der Waals surface area contributed by atoms with Gasteiger partial charge in [-0.05, 0) is 126 Å². The van der Waals surface area contributed by atoms with Gasteiger partial charge in [0.25, 0.3) is 0 Å². The fourth-order valence-corrected chi connectivity index (χ4v) is 10.0. The molecule has 0 aliphatic heterocycles. The number of benzene rings is 8. The first-order chi connectivity index (χ1) is 34.4. The summed E-state index contributed by atoms with van der Waals surface area (Å²) in [6, 6.07) is 69.7. The number of para-hydroxylation sites is 1. The van der Waals surface area contributed by atoms with Crippen molar-refractivity contribution in [1.29, 1.82) is 0 Å². The number of hydrogen-bond acceptors (Lipinski definition) is 3. The highest BCUT2D eigenvalue weighted by Crippen LogP contribution is 2.46. The van der Waals surface area contributed by atoms with Gasteiger partial charge in [0.05, 0.1) is 28.0 Å². The molecule has 0 fully saturated rings. The van der Waals surface area contributed by atoms with E-state index >= 15 is 0 Å². The number of phenols is 1. The third-order valence-corrected chi connectivity index (χ3v) is 14.3. The Labute approximate surface area is 426 Å². The van der Waals surface area contributed by atoms with Gasteiger partial charge in [0, 0.05) is 34.4 Å². The summed E-state index contributed by atoms with van der Waals surface area (Å²) in [4.78, 5) is 10.8. The Kier molecular flexibility index (Phi) is 12.4. The van der Waals surface area contributed by atoms with Crippen LogP contribution in [0.15, 0.2) is 200 Å². The molecule has 1 atom stereocenters. The number of aromatic hydroxyl groups is 1. The molecule has 2 aromatic heterocycles. The Bertz CT molecular complexity index is 3570. The molecule has 1 N–H and O–H groups in total. The SMILES string of the molecule is CC(c1ccccc1)c1ccc(-c2ccnc(-c3cc(-c4ccccc4)cc(-c4cccc5c4nc(-c4cc(C(C)(C)C)cc(C(C)(C)C)c4O)n5-c4ccc(C(C)(C)C)cc4-c4ccccc4)c3)c2)cc1. The molecule has 4 heteroatoms. The van der Waals surface area contributed by atoms with Gasteiger partial charge in [-0.15, -0.1) is 0 Å². The van der Waals surface area contributed by atoms with Crippen LogP contribution < -0.4 is 0 Å². The van der Waals surface area contributed by atoms with Crippen molar-refractivity contribution in [2.75, 3.05) is 0 Å². The lowest BCUT2D eigenvalue weighted by molar-refractivity contribution is 0.446. The van der Waals surface area contributed by atoms with Crippen molar-refractivity contribution >= 4 is 11.0 Å². The van der Waals surface area contributed by atoms with Crippen molar-refractivity contribution < 1.29 is 5.11 Å². The van der Waals surface area contributed by atoms with E-state index in [9.17, 15) is 5.11 Å². The molecule has 0 aliphatic carbocycles. The van der Waals surface area contributed by atoms with Crippen molar-refractivity contribution in [3.05, 3.63) is 228 Å². The minimum absolute atomic E-state index is 0.0856. The van der Waals surface area contributed by atoms with E-state index in [2.05, 4.69) is 268 Å². The van der Waals surface area contributed by atoms with Crippen molar-refractivity contribution in [1.82, 2.24) is 14.5 Å². The lowest BCUT2D eigenvalue weighted by atomic mass is 9.79. The summed E-state index contributed by atoms with van der Waals surface area (Å²) in [6.07, 6.45) is 1.92. The minimum atomic E-state index is -0.338. The average Bonchev–Trinajstić information content (AvgIpc) is 3.77. The largest absolute Gasteiger partial charge is 0.507 e. The number of imidazole rings is 1. The zero-order chi connectivity index (χ0) is 50.5. The molecular weight excluding hydrogens is 875 g/mol. The van der Waals surface area contributed by atoms with E-state index in [1.54, 1.807) is 0 Å². The molecule has 0 spiro atoms. The van der Waals surface area contributed by atoms with Gasteiger partial charge < -0.3 is 5.11 Å². The maximum absolute atomic E-state index is 12.6. The number of fused-ring (bicyclic) bond motifs is 1. The number of pyridine rings is 1. The molecule has 10 rings (SSSR count). The molecule has 0 radical (unpaired) electrons. The second kappa shape index (κ2) is 18.7. The summed E-state index contributed by atoms with van der Waals surface area (Å²) in [6.45, 7) is 22.3. The lowest BCUT2D eigenvalue weighted by Crippen LogP contribution is -2.17. The molecule has 4 nitrogen and oxygen atoms in total. The van der Waals surface area contributed by atoms with Gasteiger partial charge in [0.1, 0.15) is 11.6 Å². The van der Waals surface area contributed by atoms with Crippen LogP contribution in [0.4, 0.5) is 0 Å². The highest BCUT2D eigenvalue weighted by molar-refractivity contribution is 5.98. The lowest BCUT2D eigenvalue weighted by Gasteiger charge is -2.28. The molecule has 2 heterocycles. The first-order valence-corrected chi connectivity index (χ1v) is 25.3. The Morgan fingerprint density at radius 2 is 1.01 bits per heavy atom. The molecule has 10 aromatic rings. The average molecular weight is 940 g/mol. The standard InChI is InChI=1S/C68H65N3O/c1-44(45-21-14-11-15-22-45)46-29-31-48(32-30-46)50-35-36-69-60(40-50)53-38-51(47-23-16-12-17-24-47)37-52(39-53)56-27-20-28-62-63(56)70-65(58-42-55(67(5,6)7)43-59(64(58)72)68(8,9)10)71(62)61-34-33-54(66(2,3)4)41-57(61)49-25-18-13-19-26-49/h11-44,72H,1-10H3. The molecule has 72 heavy (non-hydrogen) atoms. The molecule has 0 saturated heterocycles. The monoisotopic (exact) mass is 940 g/mol. The van der Waals surface area contributed by atoms with Crippen LogP contribution in [-0.2, 0) is 16.2 Å². The predicted molar refractivity (Wildman–Crippen MR) is 303 cm³/mol. The zero-order valence-corrected chi connectivity index (χ0v) is 43.4. The molecular formula is C68H65N3O. The smallest absolute Gasteiger partial charge is 0.149 e. The molecule has 0 bridgehead atoms. The van der Waals surface area contributed by atoms with E-state index < -0.39 is 0 Å². The Hall–Kier alpha value is -7.82. The van der Waals surface area contributed by atoms with Crippen molar-refractivity contribution in [2.24, 2.45) is 0 Å². The second-order valence-corrected chi connectivity index (χ2v) is 22.6. The van der Waals surface area contributed by atoms with E-state index in [1.165, 1.54) is 16.7 Å². The van der Waals surface area contributed by atoms with Crippen LogP contribution in [0.5, 0.6) is 5.75 Å². The maximum Gasteiger partial charge on any atom is 0.149 e. The van der Waals surface area contributed by atoms with Crippen LogP contribution >= 0.6 is 0 Å². The zero-order valence-electron chi connectivity index (χ0n) is 43.4. The van der Waals surface area contributed by atoms with Gasteiger partial charge in [-0.3, -0.25) is 9.55 Å². The predicted octanol–water partition coefficient (Wildman–Crippen LogP) is 18.2. The van der Waals surface area contributed by atoms with E-state index in [0.717, 1.165) is 83.6 Å². The van der Waals surface area contributed by atoms with Gasteiger partial charge in [-0.25, -0.2) is 4.98 Å². The number of aromatic nitrogens is 3. The van der Waals surface area contributed by atoms with Crippen LogP contribution in [0.25, 0.3) is 83.9 Å². The van der Waals surface area contributed by atoms with Gasteiger partial charge in [-0.1, -0.05) is 209 Å². The number of nitrogens with zero attached hydrogens (tertiary/aromatic N) is 3. The fourth-order valence-electron chi connectivity index (χ4n) is 10.0. The third-order valence-electron chi connectivity index (χ3n) is 14.3. The van der Waals surface area contributed by atoms with Gasteiger partial charge in [0.2, 0.25) is 0 Å². The van der Waals surface area contributed by atoms with Crippen LogP contribution in [0, 0.1) is 0 Å². The number of phenolic OH excluding ortho intramolecular Hbond substituents is 1. The first-order valence-electron chi connectivity index (χ1n) is 25.3. The van der Waals surface area contributed by atoms with Crippen molar-refractivity contribution in [2.45, 2.75) is 91.4 Å². The van der Waals surface area contributed by atoms with Crippen LogP contribution in [0.3, 0.4) is 0 Å². The van der Waals surface area contributed by atoms with Gasteiger partial charge in [0.15, 0.2) is 0 Å². The summed E-state index contributed by atoms with van der Waals surface area (Å²) in [7, 11) is 0. The summed E-state index contributed by atoms with van der Waals surface area (Å²) in [5.74, 6) is 1.23. The van der Waals surface area contributed by atoms with Crippen LogP contribution in [0.1, 0.15) is 103 Å². The van der Waals surface area contributed by atoms with E-state index in [1.807, 2.05) is 6.20 Å². The number of hydrogen-bond donors (Lipinski definition) is 1. The van der Waals surface area contributed by atoms with E-state index in [-0.39, 0.29) is 22.0 Å². The maximum atomic E-state index is 12.6. The summed E-state index contributed by atoms with van der Waals surface area (Å²) in [5, 5.41) is 12.6. The highest BCUT2D eigenvalue weighted by atomic mass is 16.3. The topological polar surface area (TPSA) is 50.9 Å². The highest BCUT2D eigenvalue weighted by Gasteiger charge is 2.30. The first kappa shape index (κ1) is 47.8. The Morgan fingerprint density at radius 1 is 0.431 bits per heavy atom.